The fraction of sp³-hybridized carbons (Fsp3) is 0. The van der Waals surface area contributed by atoms with Crippen molar-refractivity contribution in [1.29, 1.82) is 0 Å². The summed E-state index contributed by atoms with van der Waals surface area (Å²) in [4.78, 5) is 4.72. The van der Waals surface area contributed by atoms with Gasteiger partial charge < -0.3 is 18.9 Å². The maximum absolute atomic E-state index is 2.38. The van der Waals surface area contributed by atoms with Gasteiger partial charge in [-0.25, -0.2) is 0 Å². The maximum Gasteiger partial charge on any atom is 0.0541 e. The van der Waals surface area contributed by atoms with Gasteiger partial charge in [0.1, 0.15) is 0 Å². The number of rotatable bonds is 14. The summed E-state index contributed by atoms with van der Waals surface area (Å²) in [6.45, 7) is 0. The summed E-state index contributed by atoms with van der Waals surface area (Å²) < 4.78 is 4.77. The molecular weight excluding hydrogens is 1400 g/mol. The normalized spacial score (nSPS) is 11.4. The van der Waals surface area contributed by atoms with Crippen LogP contribution in [0.1, 0.15) is 0 Å². The number of para-hydroxylation sites is 4. The zero-order valence-corrected chi connectivity index (χ0v) is 63.7. The average Bonchev–Trinajstić information content (AvgIpc) is 1.57. The highest BCUT2D eigenvalue weighted by Crippen LogP contribution is 2.45. The van der Waals surface area contributed by atoms with Crippen LogP contribution in [-0.4, -0.2) is 9.13 Å². The third kappa shape index (κ3) is 12.7. The van der Waals surface area contributed by atoms with Crippen LogP contribution in [-0.2, 0) is 0 Å². The first-order valence-corrected chi connectivity index (χ1v) is 39.8. The van der Waals surface area contributed by atoms with Crippen molar-refractivity contribution in [2.24, 2.45) is 0 Å². The van der Waals surface area contributed by atoms with Gasteiger partial charge in [0, 0.05) is 67.0 Å². The van der Waals surface area contributed by atoms with Crippen molar-refractivity contribution >= 4 is 121 Å². The summed E-state index contributed by atoms with van der Waals surface area (Å²) in [5.74, 6) is 0. The second-order valence-corrected chi connectivity index (χ2v) is 29.9. The molecule has 0 aliphatic carbocycles. The molecule has 0 unspecified atom stereocenters. The number of aromatic nitrogens is 2. The molecule has 0 N–H and O–H groups in total. The molecule has 0 aliphatic heterocycles. The molecule has 22 rings (SSSR count). The zero-order chi connectivity index (χ0) is 76.8. The fourth-order valence-electron chi connectivity index (χ4n) is 17.6. The van der Waals surface area contributed by atoms with Crippen LogP contribution in [0.3, 0.4) is 0 Å². The third-order valence-electron chi connectivity index (χ3n) is 23.2. The second kappa shape index (κ2) is 29.7. The first kappa shape index (κ1) is 68.7. The number of nitrogens with zero attached hydrogens (tertiary/aromatic N) is 4. The molecule has 0 saturated carbocycles. The van der Waals surface area contributed by atoms with Gasteiger partial charge in [-0.3, -0.25) is 0 Å². The van der Waals surface area contributed by atoms with E-state index in [0.29, 0.717) is 0 Å². The molecule has 0 atom stereocenters. The zero-order valence-electron chi connectivity index (χ0n) is 63.7. The lowest BCUT2D eigenvalue weighted by Crippen LogP contribution is -2.09. The summed E-state index contributed by atoms with van der Waals surface area (Å²) in [5, 5.41) is 15.2. The summed E-state index contributed by atoms with van der Waals surface area (Å²) in [6, 6.07) is 167. The van der Waals surface area contributed by atoms with E-state index >= 15 is 0 Å². The first-order chi connectivity index (χ1) is 57.5. The van der Waals surface area contributed by atoms with Crippen LogP contribution in [0.4, 0.5) is 34.1 Å². The Kier molecular flexibility index (Phi) is 17.6. The smallest absolute Gasteiger partial charge is 0.0541 e. The van der Waals surface area contributed by atoms with Gasteiger partial charge in [0.15, 0.2) is 0 Å². The van der Waals surface area contributed by atoms with Crippen molar-refractivity contribution in [2.75, 3.05) is 9.80 Å². The Morgan fingerprint density at radius 3 is 0.784 bits per heavy atom. The van der Waals surface area contributed by atoms with Gasteiger partial charge in [-0.2, -0.15) is 0 Å². The van der Waals surface area contributed by atoms with E-state index in [1.807, 2.05) is 0 Å². The molecule has 4 nitrogen and oxygen atoms in total. The largest absolute Gasteiger partial charge is 0.311 e. The summed E-state index contributed by atoms with van der Waals surface area (Å²) >= 11 is 0. The lowest BCUT2D eigenvalue weighted by atomic mass is 9.93. The lowest BCUT2D eigenvalue weighted by Gasteiger charge is -2.26. The Hall–Kier alpha value is -15.4. The number of anilines is 6. The van der Waals surface area contributed by atoms with E-state index < -0.39 is 0 Å². The number of hydrogen-bond donors (Lipinski definition) is 0. The quantitative estimate of drug-likeness (QED) is 0.101. The van der Waals surface area contributed by atoms with Gasteiger partial charge in [-0.05, 0) is 237 Å². The molecule has 4 heteroatoms. The van der Waals surface area contributed by atoms with Gasteiger partial charge in [-0.15, -0.1) is 0 Å². The topological polar surface area (TPSA) is 16.3 Å². The number of fused-ring (bicyclic) bond motifs is 11. The number of benzene rings is 20. The fourth-order valence-corrected chi connectivity index (χ4v) is 17.6. The molecule has 0 bridgehead atoms. The molecule has 0 spiro atoms. The van der Waals surface area contributed by atoms with Crippen LogP contribution in [0.25, 0.3) is 165 Å². The van der Waals surface area contributed by atoms with E-state index in [-0.39, 0.29) is 0 Å². The Balaban J connectivity index is 0.000000145. The van der Waals surface area contributed by atoms with Crippen molar-refractivity contribution in [1.82, 2.24) is 9.13 Å². The van der Waals surface area contributed by atoms with E-state index in [0.717, 1.165) is 45.5 Å². The van der Waals surface area contributed by atoms with Crippen LogP contribution in [0.15, 0.2) is 461 Å². The summed E-state index contributed by atoms with van der Waals surface area (Å²) in [7, 11) is 0. The maximum atomic E-state index is 2.38. The molecular formula is C112H76N4. The molecule has 20 aromatic carbocycles. The van der Waals surface area contributed by atoms with Gasteiger partial charge in [0.05, 0.1) is 22.1 Å². The molecule has 0 aliphatic rings. The molecule has 544 valence electrons. The monoisotopic (exact) mass is 1480 g/mol. The summed E-state index contributed by atoms with van der Waals surface area (Å²) in [5.41, 5.74) is 28.2. The highest BCUT2D eigenvalue weighted by atomic mass is 15.1. The van der Waals surface area contributed by atoms with Crippen LogP contribution in [0, 0.1) is 0 Å². The van der Waals surface area contributed by atoms with Crippen LogP contribution in [0.5, 0.6) is 0 Å². The predicted molar refractivity (Wildman–Crippen MR) is 494 cm³/mol. The Morgan fingerprint density at radius 1 is 0.138 bits per heavy atom. The minimum Gasteiger partial charge on any atom is -0.311 e. The lowest BCUT2D eigenvalue weighted by molar-refractivity contribution is 1.18. The molecule has 116 heavy (non-hydrogen) atoms. The molecule has 0 fully saturated rings. The van der Waals surface area contributed by atoms with Crippen molar-refractivity contribution in [3.05, 3.63) is 461 Å². The Bertz CT molecular complexity index is 7160. The molecule has 2 aromatic heterocycles. The Labute approximate surface area is 674 Å². The standard InChI is InChI=1S/2C56H38N2/c1-3-18-49-40(12-1)14-10-22-51(49)42-28-34-46(35-29-42)57(47-36-30-43(31-37-47)52-23-11-15-41-13-2-4-19-50(41)52)45-32-26-39(27-33-45)44-16-9-17-48(38-44)58-55-24-7-5-20-53(55)54-21-6-8-25-56(54)58;1-2-13-39(14-3-1)40-25-31-45(32-26-40)57(47-35-29-42(30-36-47)54-38-44-15-4-5-18-49(44)50-19-6-7-20-51(50)54)46-33-27-41(28-34-46)43-16-12-17-48(37-43)58-55-23-10-8-21-52(55)53-22-9-11-24-56(53)58/h2*1-38H. The van der Waals surface area contributed by atoms with Crippen molar-refractivity contribution in [2.45, 2.75) is 0 Å². The minimum atomic E-state index is 1.10. The highest BCUT2D eigenvalue weighted by molar-refractivity contribution is 6.15. The van der Waals surface area contributed by atoms with Crippen LogP contribution in [0.2, 0.25) is 0 Å². The van der Waals surface area contributed by atoms with E-state index in [9.17, 15) is 0 Å². The van der Waals surface area contributed by atoms with E-state index in [1.165, 1.54) is 153 Å². The minimum absolute atomic E-state index is 1.10. The third-order valence-corrected chi connectivity index (χ3v) is 23.2. The molecule has 0 radical (unpaired) electrons. The summed E-state index contributed by atoms with van der Waals surface area (Å²) in [6.07, 6.45) is 0. The Morgan fingerprint density at radius 2 is 0.397 bits per heavy atom. The van der Waals surface area contributed by atoms with Crippen LogP contribution < -0.4 is 9.80 Å². The van der Waals surface area contributed by atoms with Gasteiger partial charge in [0.2, 0.25) is 0 Å². The van der Waals surface area contributed by atoms with E-state index in [4.69, 9.17) is 0 Å². The average molecular weight is 1480 g/mol. The van der Waals surface area contributed by atoms with Gasteiger partial charge in [0.25, 0.3) is 0 Å². The van der Waals surface area contributed by atoms with Gasteiger partial charge in [-0.1, -0.05) is 334 Å². The molecule has 2 heterocycles. The molecule has 0 saturated heterocycles. The predicted octanol–water partition coefficient (Wildman–Crippen LogP) is 31.1. The molecule has 22 aromatic rings. The van der Waals surface area contributed by atoms with Crippen molar-refractivity contribution in [3.8, 4) is 78.1 Å². The van der Waals surface area contributed by atoms with Crippen LogP contribution >= 0.6 is 0 Å². The second-order valence-electron chi connectivity index (χ2n) is 29.9. The number of hydrogen-bond acceptors (Lipinski definition) is 2. The SMILES string of the molecule is c1cc(-c2ccc(N(c3ccc(-c4cccc5ccccc45)cc3)c3ccc(-c4cccc5ccccc45)cc3)cc2)cc(-n2c3ccccc3c3ccccc32)c1.c1ccc(-c2ccc(N(c3ccc(-c4cccc(-n5c6ccccc6c6ccccc65)c4)cc3)c3ccc(-c4cc5ccccc5c5ccccc45)cc3)cc2)cc1. The van der Waals surface area contributed by atoms with Crippen molar-refractivity contribution in [3.63, 3.8) is 0 Å². The van der Waals surface area contributed by atoms with Crippen molar-refractivity contribution < 1.29 is 0 Å². The first-order valence-electron chi connectivity index (χ1n) is 39.8. The van der Waals surface area contributed by atoms with Gasteiger partial charge >= 0.3 is 0 Å². The van der Waals surface area contributed by atoms with E-state index in [2.05, 4.69) is 480 Å². The van der Waals surface area contributed by atoms with E-state index in [1.54, 1.807) is 0 Å². The molecule has 0 amide bonds. The highest BCUT2D eigenvalue weighted by Gasteiger charge is 2.21.